The smallest absolute Gasteiger partial charge is 0.322 e. The number of hydrogen-bond acceptors (Lipinski definition) is 3. The molecule has 2 aromatic carbocycles. The van der Waals surface area contributed by atoms with Crippen molar-refractivity contribution in [2.75, 3.05) is 6.61 Å². The second-order valence-corrected chi connectivity index (χ2v) is 5.85. The average Bonchev–Trinajstić information content (AvgIpc) is 2.54. The van der Waals surface area contributed by atoms with Gasteiger partial charge in [0.25, 0.3) is 0 Å². The van der Waals surface area contributed by atoms with E-state index in [1.54, 1.807) is 55.5 Å². The molecule has 0 atom stereocenters. The summed E-state index contributed by atoms with van der Waals surface area (Å²) in [5.74, 6) is -0.466. The molecule has 0 aliphatic heterocycles. The lowest BCUT2D eigenvalue weighted by Gasteiger charge is -2.30. The van der Waals surface area contributed by atoms with Crippen LogP contribution in [0, 0.1) is 11.3 Å². The summed E-state index contributed by atoms with van der Waals surface area (Å²) < 4.78 is 5.27. The Balaban J connectivity index is 2.69. The number of esters is 1. The van der Waals surface area contributed by atoms with Crippen molar-refractivity contribution in [3.63, 3.8) is 0 Å². The first-order valence-corrected chi connectivity index (χ1v) is 7.86. The van der Waals surface area contributed by atoms with E-state index >= 15 is 0 Å². The molecule has 0 saturated carbocycles. The number of halogens is 2. The van der Waals surface area contributed by atoms with Gasteiger partial charge < -0.3 is 4.74 Å². The number of carbonyl (C=O) groups is 1. The molecule has 0 unspecified atom stereocenters. The fraction of sp³-hybridized carbons (Fsp3) is 0.222. The summed E-state index contributed by atoms with van der Waals surface area (Å²) in [4.78, 5) is 12.8. The molecule has 0 amide bonds. The predicted octanol–water partition coefficient (Wildman–Crippen LogP) is 4.76. The van der Waals surface area contributed by atoms with E-state index in [4.69, 9.17) is 27.9 Å². The topological polar surface area (TPSA) is 50.1 Å². The molecule has 0 fully saturated rings. The summed E-state index contributed by atoms with van der Waals surface area (Å²) in [7, 11) is 0. The molecule has 2 aromatic rings. The van der Waals surface area contributed by atoms with Gasteiger partial charge in [-0.1, -0.05) is 47.5 Å². The van der Waals surface area contributed by atoms with Crippen molar-refractivity contribution in [2.45, 2.75) is 18.8 Å². The predicted molar refractivity (Wildman–Crippen MR) is 90.5 cm³/mol. The monoisotopic (exact) mass is 347 g/mol. The van der Waals surface area contributed by atoms with Gasteiger partial charge in [-0.25, -0.2) is 0 Å². The van der Waals surface area contributed by atoms with Crippen LogP contribution in [0.25, 0.3) is 0 Å². The average molecular weight is 348 g/mol. The van der Waals surface area contributed by atoms with Crippen LogP contribution < -0.4 is 0 Å². The van der Waals surface area contributed by atoms with Crippen LogP contribution in [0.4, 0.5) is 0 Å². The third kappa shape index (κ3) is 3.50. The van der Waals surface area contributed by atoms with Gasteiger partial charge in [0, 0.05) is 10.0 Å². The highest BCUT2D eigenvalue weighted by Gasteiger charge is 2.43. The Labute approximate surface area is 145 Å². The summed E-state index contributed by atoms with van der Waals surface area (Å²) >= 11 is 11.9. The van der Waals surface area contributed by atoms with E-state index in [0.717, 1.165) is 0 Å². The molecule has 2 rings (SSSR count). The van der Waals surface area contributed by atoms with E-state index in [1.807, 2.05) is 0 Å². The number of carbonyl (C=O) groups excluding carboxylic acids is 1. The molecule has 0 aliphatic rings. The molecule has 0 spiro atoms. The number of ether oxygens (including phenoxy) is 1. The van der Waals surface area contributed by atoms with E-state index in [1.165, 1.54) is 0 Å². The van der Waals surface area contributed by atoms with Crippen molar-refractivity contribution in [3.05, 3.63) is 69.7 Å². The number of rotatable bonds is 5. The maximum atomic E-state index is 12.8. The van der Waals surface area contributed by atoms with Crippen LogP contribution in [0.5, 0.6) is 0 Å². The summed E-state index contributed by atoms with van der Waals surface area (Å²) in [5.41, 5.74) is 0.105. The lowest BCUT2D eigenvalue weighted by Crippen LogP contribution is -2.38. The van der Waals surface area contributed by atoms with Gasteiger partial charge in [-0.05, 0) is 42.3 Å². The van der Waals surface area contributed by atoms with Gasteiger partial charge in [-0.2, -0.15) is 5.26 Å². The quantitative estimate of drug-likeness (QED) is 0.732. The first-order valence-electron chi connectivity index (χ1n) is 7.11. The summed E-state index contributed by atoms with van der Waals surface area (Å²) in [5, 5.41) is 10.5. The Morgan fingerprint density at radius 1 is 1.04 bits per heavy atom. The molecule has 0 heterocycles. The molecular weight excluding hydrogens is 333 g/mol. The minimum absolute atomic E-state index is 0.0465. The molecule has 3 nitrogen and oxygen atoms in total. The van der Waals surface area contributed by atoms with Crippen LogP contribution >= 0.6 is 23.2 Å². The molecule has 0 radical (unpaired) electrons. The van der Waals surface area contributed by atoms with Crippen LogP contribution in [-0.4, -0.2) is 12.6 Å². The standard InChI is InChI=1S/C18H15Cl2NO2/c1-2-23-17(22)18(11-12-21,13-3-7-15(19)8-4-13)14-5-9-16(20)10-6-14/h3-10H,2,11H2,1H3. The molecule has 0 aromatic heterocycles. The van der Waals surface area contributed by atoms with E-state index < -0.39 is 11.4 Å². The minimum atomic E-state index is -1.21. The lowest BCUT2D eigenvalue weighted by atomic mass is 9.72. The molecule has 0 saturated heterocycles. The normalized spacial score (nSPS) is 10.9. The SMILES string of the molecule is CCOC(=O)C(CC#N)(c1ccc(Cl)cc1)c1ccc(Cl)cc1. The zero-order valence-electron chi connectivity index (χ0n) is 12.6. The third-order valence-corrected chi connectivity index (χ3v) is 4.15. The first-order chi connectivity index (χ1) is 11.0. The van der Waals surface area contributed by atoms with Gasteiger partial charge in [-0.3, -0.25) is 4.79 Å². The number of hydrogen-bond donors (Lipinski definition) is 0. The first kappa shape index (κ1) is 17.3. The van der Waals surface area contributed by atoms with Gasteiger partial charge in [-0.15, -0.1) is 0 Å². The van der Waals surface area contributed by atoms with E-state index in [-0.39, 0.29) is 13.0 Å². The number of nitrogens with zero attached hydrogens (tertiary/aromatic N) is 1. The number of benzene rings is 2. The van der Waals surface area contributed by atoms with E-state index in [0.29, 0.717) is 21.2 Å². The van der Waals surface area contributed by atoms with Crippen molar-refractivity contribution in [1.82, 2.24) is 0 Å². The molecule has 118 valence electrons. The van der Waals surface area contributed by atoms with Gasteiger partial charge in [0.05, 0.1) is 19.1 Å². The highest BCUT2D eigenvalue weighted by molar-refractivity contribution is 6.30. The van der Waals surface area contributed by atoms with Crippen LogP contribution in [0.15, 0.2) is 48.5 Å². The van der Waals surface area contributed by atoms with Crippen molar-refractivity contribution in [3.8, 4) is 6.07 Å². The summed E-state index contributed by atoms with van der Waals surface area (Å²) in [6.45, 7) is 1.96. The van der Waals surface area contributed by atoms with Crippen LogP contribution in [0.3, 0.4) is 0 Å². The van der Waals surface area contributed by atoms with Crippen molar-refractivity contribution < 1.29 is 9.53 Å². The molecule has 0 bridgehead atoms. The Hall–Kier alpha value is -2.02. The minimum Gasteiger partial charge on any atom is -0.465 e. The number of nitriles is 1. The zero-order chi connectivity index (χ0) is 16.9. The lowest BCUT2D eigenvalue weighted by molar-refractivity contribution is -0.148. The van der Waals surface area contributed by atoms with E-state index in [2.05, 4.69) is 6.07 Å². The van der Waals surface area contributed by atoms with Crippen molar-refractivity contribution in [1.29, 1.82) is 5.26 Å². The van der Waals surface area contributed by atoms with Crippen LogP contribution in [0.1, 0.15) is 24.5 Å². The van der Waals surface area contributed by atoms with Crippen molar-refractivity contribution in [2.24, 2.45) is 0 Å². The van der Waals surface area contributed by atoms with Crippen LogP contribution in [-0.2, 0) is 14.9 Å². The maximum absolute atomic E-state index is 12.8. The maximum Gasteiger partial charge on any atom is 0.322 e. The second-order valence-electron chi connectivity index (χ2n) is 4.97. The second kappa shape index (κ2) is 7.50. The fourth-order valence-corrected chi connectivity index (χ4v) is 2.77. The summed E-state index contributed by atoms with van der Waals surface area (Å²) in [6, 6.07) is 15.8. The third-order valence-electron chi connectivity index (χ3n) is 3.64. The molecule has 0 aliphatic carbocycles. The zero-order valence-corrected chi connectivity index (χ0v) is 14.1. The molecule has 23 heavy (non-hydrogen) atoms. The Kier molecular flexibility index (Phi) is 5.65. The Morgan fingerprint density at radius 2 is 1.48 bits per heavy atom. The van der Waals surface area contributed by atoms with Crippen molar-refractivity contribution >= 4 is 29.2 Å². The van der Waals surface area contributed by atoms with Gasteiger partial charge in [0.1, 0.15) is 5.41 Å². The van der Waals surface area contributed by atoms with Gasteiger partial charge in [0.2, 0.25) is 0 Å². The van der Waals surface area contributed by atoms with Crippen LogP contribution in [0.2, 0.25) is 10.0 Å². The Bertz CT molecular complexity index is 673. The summed E-state index contributed by atoms with van der Waals surface area (Å²) in [6.07, 6.45) is -0.0465. The highest BCUT2D eigenvalue weighted by atomic mass is 35.5. The Morgan fingerprint density at radius 3 is 1.83 bits per heavy atom. The fourth-order valence-electron chi connectivity index (χ4n) is 2.52. The molecule has 0 N–H and O–H groups in total. The largest absolute Gasteiger partial charge is 0.465 e. The molecule has 5 heteroatoms. The van der Waals surface area contributed by atoms with Gasteiger partial charge >= 0.3 is 5.97 Å². The van der Waals surface area contributed by atoms with Gasteiger partial charge in [0.15, 0.2) is 0 Å². The highest BCUT2D eigenvalue weighted by Crippen LogP contribution is 2.38. The van der Waals surface area contributed by atoms with E-state index in [9.17, 15) is 10.1 Å². The molecular formula is C18H15Cl2NO2.